The Morgan fingerprint density at radius 3 is 1.67 bits per heavy atom. The van der Waals surface area contributed by atoms with E-state index in [9.17, 15) is 0 Å². The van der Waals surface area contributed by atoms with Gasteiger partial charge in [-0.3, -0.25) is 0 Å². The molecular weight excluding hydrogens is 121 g/mol. The van der Waals surface area contributed by atoms with Gasteiger partial charge in [0.05, 0.1) is 0 Å². The van der Waals surface area contributed by atoms with Gasteiger partial charge in [-0.2, -0.15) is 0 Å². The average molecular weight is 130 g/mol. The van der Waals surface area contributed by atoms with Crippen LogP contribution in [0.1, 0.15) is 0 Å². The van der Waals surface area contributed by atoms with Crippen LogP contribution in [-0.2, 0) is 0 Å². The summed E-state index contributed by atoms with van der Waals surface area (Å²) >= 11 is 0. The highest BCUT2D eigenvalue weighted by atomic mass is 35.5. The molecule has 0 aromatic rings. The zero-order valence-electron chi connectivity index (χ0n) is 3.39. The van der Waals surface area contributed by atoms with Gasteiger partial charge in [-0.25, -0.2) is 0 Å². The van der Waals surface area contributed by atoms with E-state index >= 15 is 0 Å². The maximum atomic E-state index is 4.91. The normalized spacial score (nSPS) is 4.17. The molecule has 0 aliphatic heterocycles. The Balaban J connectivity index is -0.0000000450. The molecule has 2 N–H and O–H groups in total. The first-order chi connectivity index (χ1) is 1.91. The van der Waals surface area contributed by atoms with Crippen LogP contribution in [-0.4, -0.2) is 6.54 Å². The second-order valence-electron chi connectivity index (χ2n) is 0.524. The van der Waals surface area contributed by atoms with Gasteiger partial charge in [-0.1, -0.05) is 6.08 Å². The van der Waals surface area contributed by atoms with Crippen molar-refractivity contribution in [3.63, 3.8) is 0 Å². The minimum atomic E-state index is 0. The highest BCUT2D eigenvalue weighted by molar-refractivity contribution is 5.85. The fourth-order valence-corrected chi connectivity index (χ4v) is 0. The van der Waals surface area contributed by atoms with Gasteiger partial charge in [0, 0.05) is 6.54 Å². The molecular formula is C3H9Cl2N. The number of nitrogens with two attached hydrogens (primary N) is 1. The molecule has 1 nitrogen and oxygen atoms in total. The van der Waals surface area contributed by atoms with Gasteiger partial charge < -0.3 is 5.73 Å². The summed E-state index contributed by atoms with van der Waals surface area (Å²) in [6.07, 6.45) is 1.65. The smallest absolute Gasteiger partial charge is 0.0104 e. The van der Waals surface area contributed by atoms with Crippen LogP contribution in [0.15, 0.2) is 12.7 Å². The molecule has 0 rings (SSSR count). The number of rotatable bonds is 1. The quantitative estimate of drug-likeness (QED) is 0.526. The molecule has 0 aromatic heterocycles. The molecule has 0 spiro atoms. The predicted molar refractivity (Wildman–Crippen MR) is 33.7 cm³/mol. The van der Waals surface area contributed by atoms with Crippen LogP contribution in [0, 0.1) is 0 Å². The predicted octanol–water partition coefficient (Wildman–Crippen LogP) is 0.975. The highest BCUT2D eigenvalue weighted by Gasteiger charge is 1.43. The zero-order valence-corrected chi connectivity index (χ0v) is 5.02. The molecule has 0 fully saturated rings. The number of hydrogen-bond donors (Lipinski definition) is 1. The molecule has 0 unspecified atom stereocenters. The van der Waals surface area contributed by atoms with E-state index in [0.717, 1.165) is 0 Å². The van der Waals surface area contributed by atoms with E-state index in [1.54, 1.807) is 6.08 Å². The van der Waals surface area contributed by atoms with Crippen LogP contribution in [0.3, 0.4) is 0 Å². The molecule has 0 aliphatic rings. The lowest BCUT2D eigenvalue weighted by Crippen LogP contribution is -1.90. The maximum Gasteiger partial charge on any atom is 0.0104 e. The van der Waals surface area contributed by atoms with Crippen LogP contribution in [0.5, 0.6) is 0 Å². The minimum Gasteiger partial charge on any atom is -0.327 e. The van der Waals surface area contributed by atoms with Crippen molar-refractivity contribution in [2.45, 2.75) is 0 Å². The van der Waals surface area contributed by atoms with Gasteiger partial charge in [0.2, 0.25) is 0 Å². The molecule has 0 atom stereocenters. The van der Waals surface area contributed by atoms with Crippen LogP contribution in [0.4, 0.5) is 0 Å². The summed E-state index contributed by atoms with van der Waals surface area (Å²) in [4.78, 5) is 0. The summed E-state index contributed by atoms with van der Waals surface area (Å²) in [6.45, 7) is 3.94. The molecule has 0 saturated carbocycles. The Morgan fingerprint density at radius 2 is 1.67 bits per heavy atom. The van der Waals surface area contributed by atoms with E-state index in [1.165, 1.54) is 0 Å². The van der Waals surface area contributed by atoms with Crippen molar-refractivity contribution < 1.29 is 0 Å². The van der Waals surface area contributed by atoms with E-state index < -0.39 is 0 Å². The van der Waals surface area contributed by atoms with Gasteiger partial charge in [0.1, 0.15) is 0 Å². The molecule has 0 aliphatic carbocycles. The van der Waals surface area contributed by atoms with E-state index in [1.807, 2.05) is 0 Å². The molecule has 0 amide bonds. The van der Waals surface area contributed by atoms with Gasteiger partial charge in [0.15, 0.2) is 0 Å². The van der Waals surface area contributed by atoms with Gasteiger partial charge >= 0.3 is 0 Å². The van der Waals surface area contributed by atoms with E-state index in [4.69, 9.17) is 5.73 Å². The minimum absolute atomic E-state index is 0. The van der Waals surface area contributed by atoms with Crippen molar-refractivity contribution in [2.24, 2.45) is 5.73 Å². The average Bonchev–Trinajstić information content (AvgIpc) is 1.37. The number of halogens is 2. The van der Waals surface area contributed by atoms with Crippen molar-refractivity contribution in [1.29, 1.82) is 0 Å². The summed E-state index contributed by atoms with van der Waals surface area (Å²) in [5.74, 6) is 0. The SMILES string of the molecule is C=CCN.Cl.Cl. The van der Waals surface area contributed by atoms with Crippen molar-refractivity contribution in [1.82, 2.24) is 0 Å². The third-order valence-corrected chi connectivity index (χ3v) is 0.167. The lowest BCUT2D eigenvalue weighted by Gasteiger charge is -1.61. The highest BCUT2D eigenvalue weighted by Crippen LogP contribution is 1.40. The first kappa shape index (κ1) is 16.3. The second-order valence-corrected chi connectivity index (χ2v) is 0.524. The van der Waals surface area contributed by atoms with Crippen LogP contribution < -0.4 is 5.73 Å². The summed E-state index contributed by atoms with van der Waals surface area (Å²) < 4.78 is 0. The van der Waals surface area contributed by atoms with Crippen molar-refractivity contribution in [3.8, 4) is 0 Å². The lowest BCUT2D eigenvalue weighted by atomic mass is 10.7. The molecule has 3 heteroatoms. The molecule has 40 valence electrons. The van der Waals surface area contributed by atoms with Crippen molar-refractivity contribution >= 4 is 24.8 Å². The summed E-state index contributed by atoms with van der Waals surface area (Å²) in [6, 6.07) is 0. The fraction of sp³-hybridized carbons (Fsp3) is 0.333. The summed E-state index contributed by atoms with van der Waals surface area (Å²) in [5, 5.41) is 0. The van der Waals surface area contributed by atoms with Gasteiger partial charge in [-0.05, 0) is 0 Å². The first-order valence-corrected chi connectivity index (χ1v) is 1.22. The molecule has 0 saturated heterocycles. The topological polar surface area (TPSA) is 26.0 Å². The van der Waals surface area contributed by atoms with Crippen LogP contribution in [0.25, 0.3) is 0 Å². The van der Waals surface area contributed by atoms with E-state index in [-0.39, 0.29) is 24.8 Å². The van der Waals surface area contributed by atoms with Gasteiger partial charge in [0.25, 0.3) is 0 Å². The Kier molecular flexibility index (Phi) is 50.5. The maximum absolute atomic E-state index is 4.91. The van der Waals surface area contributed by atoms with Crippen LogP contribution in [0.2, 0.25) is 0 Å². The van der Waals surface area contributed by atoms with Crippen molar-refractivity contribution in [2.75, 3.05) is 6.54 Å². The van der Waals surface area contributed by atoms with E-state index in [2.05, 4.69) is 6.58 Å². The fourth-order valence-electron chi connectivity index (χ4n) is 0. The Labute approximate surface area is 50.4 Å². The standard InChI is InChI=1S/C3H7N.2ClH/c1-2-3-4;;/h2H,1,3-4H2;2*1H. The van der Waals surface area contributed by atoms with Gasteiger partial charge in [-0.15, -0.1) is 31.4 Å². The molecule has 0 radical (unpaired) electrons. The van der Waals surface area contributed by atoms with Crippen LogP contribution >= 0.6 is 24.8 Å². The first-order valence-electron chi connectivity index (χ1n) is 1.22. The zero-order chi connectivity index (χ0) is 3.41. The van der Waals surface area contributed by atoms with Crippen molar-refractivity contribution in [3.05, 3.63) is 12.7 Å². The third-order valence-electron chi connectivity index (χ3n) is 0.167. The number of hydrogen-bond acceptors (Lipinski definition) is 1. The second kappa shape index (κ2) is 18.6. The third kappa shape index (κ3) is 28.1. The lowest BCUT2D eigenvalue weighted by molar-refractivity contribution is 1.26. The summed E-state index contributed by atoms with van der Waals surface area (Å²) in [7, 11) is 0. The molecule has 0 heterocycles. The molecule has 0 bridgehead atoms. The monoisotopic (exact) mass is 129 g/mol. The Morgan fingerprint density at radius 1 is 1.50 bits per heavy atom. The Bertz CT molecular complexity index is 22.8. The largest absolute Gasteiger partial charge is 0.327 e. The van der Waals surface area contributed by atoms with E-state index in [0.29, 0.717) is 6.54 Å². The Hall–Kier alpha value is 0.280. The molecule has 0 aromatic carbocycles. The summed E-state index contributed by atoms with van der Waals surface area (Å²) in [5.41, 5.74) is 4.91. The molecule has 6 heavy (non-hydrogen) atoms.